The van der Waals surface area contributed by atoms with Crippen molar-refractivity contribution >= 4 is 23.7 Å². The first kappa shape index (κ1) is 14.7. The molecule has 0 bridgehead atoms. The number of aromatic nitrogens is 2. The molecule has 0 unspecified atom stereocenters. The third-order valence-electron chi connectivity index (χ3n) is 2.36. The number of aliphatic carboxylic acids is 1. The van der Waals surface area contributed by atoms with Crippen LogP contribution in [0, 0.1) is 6.92 Å². The zero-order chi connectivity index (χ0) is 14.6. The lowest BCUT2D eigenvalue weighted by Gasteiger charge is -2.03. The molecule has 0 aromatic carbocycles. The summed E-state index contributed by atoms with van der Waals surface area (Å²) in [5, 5.41) is 12.3. The zero-order valence-electron chi connectivity index (χ0n) is 10.7. The molecule has 0 atom stereocenters. The molecule has 1 heterocycles. The van der Waals surface area contributed by atoms with Crippen molar-refractivity contribution in [1.82, 2.24) is 9.78 Å². The van der Waals surface area contributed by atoms with Crippen molar-refractivity contribution in [2.24, 2.45) is 0 Å². The molecule has 8 heteroatoms. The monoisotopic (exact) mass is 269 g/mol. The van der Waals surface area contributed by atoms with Crippen molar-refractivity contribution in [1.29, 1.82) is 0 Å². The van der Waals surface area contributed by atoms with E-state index in [2.05, 4.69) is 5.10 Å². The molecule has 19 heavy (non-hydrogen) atoms. The number of ether oxygens (including phenoxy) is 1. The van der Waals surface area contributed by atoms with Gasteiger partial charge in [0.15, 0.2) is 0 Å². The smallest absolute Gasteiger partial charge is 0.343 e. The summed E-state index contributed by atoms with van der Waals surface area (Å²) in [6.07, 6.45) is -0.575. The molecule has 0 aliphatic rings. The maximum absolute atomic E-state index is 11.7. The van der Waals surface area contributed by atoms with Gasteiger partial charge in [0.25, 0.3) is 0 Å². The van der Waals surface area contributed by atoms with Crippen LogP contribution in [0.2, 0.25) is 0 Å². The second kappa shape index (κ2) is 5.98. The molecule has 0 radical (unpaired) electrons. The van der Waals surface area contributed by atoms with Gasteiger partial charge in [-0.1, -0.05) is 0 Å². The lowest BCUT2D eigenvalue weighted by atomic mass is 10.2. The number of hydrogen-bond donors (Lipinski definition) is 2. The topological polar surface area (TPSA) is 125 Å². The quantitative estimate of drug-likeness (QED) is 0.743. The van der Waals surface area contributed by atoms with E-state index in [4.69, 9.17) is 15.6 Å². The predicted octanol–water partition coefficient (Wildman–Crippen LogP) is 0.455. The van der Waals surface area contributed by atoms with Crippen molar-refractivity contribution in [3.05, 3.63) is 11.3 Å². The Kier molecular flexibility index (Phi) is 4.62. The molecule has 0 spiro atoms. The average molecular weight is 269 g/mol. The molecule has 0 amide bonds. The molecular formula is C11H15N3O5. The summed E-state index contributed by atoms with van der Waals surface area (Å²) in [6.45, 7) is 3.34. The van der Waals surface area contributed by atoms with Crippen molar-refractivity contribution in [2.75, 3.05) is 12.3 Å². The van der Waals surface area contributed by atoms with Crippen LogP contribution in [0.3, 0.4) is 0 Å². The van der Waals surface area contributed by atoms with E-state index in [-0.39, 0.29) is 36.5 Å². The number of nitrogens with two attached hydrogens (primary N) is 1. The number of carbonyl (C=O) groups excluding carboxylic acids is 2. The molecule has 0 aliphatic carbocycles. The number of carboxylic acid groups (broad SMARTS) is 1. The van der Waals surface area contributed by atoms with Crippen LogP contribution in [-0.2, 0) is 9.53 Å². The number of hydrogen-bond acceptors (Lipinski definition) is 6. The SMILES string of the molecule is CCOC(=O)c1c(C)nn(C(=O)CCC(=O)O)c1N. The van der Waals surface area contributed by atoms with E-state index in [9.17, 15) is 14.4 Å². The summed E-state index contributed by atoms with van der Waals surface area (Å²) in [4.78, 5) is 33.7. The van der Waals surface area contributed by atoms with Gasteiger partial charge in [0.05, 0.1) is 18.7 Å². The predicted molar refractivity (Wildman–Crippen MR) is 64.8 cm³/mol. The van der Waals surface area contributed by atoms with E-state index in [1.54, 1.807) is 6.92 Å². The first-order valence-corrected chi connectivity index (χ1v) is 5.65. The Morgan fingerprint density at radius 3 is 2.53 bits per heavy atom. The second-order valence-electron chi connectivity index (χ2n) is 3.77. The maximum Gasteiger partial charge on any atom is 0.343 e. The molecule has 1 rings (SSSR count). The Labute approximate surface area is 109 Å². The summed E-state index contributed by atoms with van der Waals surface area (Å²) in [7, 11) is 0. The van der Waals surface area contributed by atoms with Crippen LogP contribution in [0.15, 0.2) is 0 Å². The molecule has 0 saturated heterocycles. The first-order chi connectivity index (χ1) is 8.88. The Balaban J connectivity index is 2.99. The first-order valence-electron chi connectivity index (χ1n) is 5.65. The van der Waals surface area contributed by atoms with Crippen LogP contribution in [-0.4, -0.2) is 39.3 Å². The van der Waals surface area contributed by atoms with E-state index in [1.807, 2.05) is 0 Å². The Bertz CT molecular complexity index is 521. The molecule has 104 valence electrons. The van der Waals surface area contributed by atoms with Gasteiger partial charge in [-0.25, -0.2) is 4.79 Å². The highest BCUT2D eigenvalue weighted by Gasteiger charge is 2.23. The highest BCUT2D eigenvalue weighted by atomic mass is 16.5. The van der Waals surface area contributed by atoms with Gasteiger partial charge in [0.1, 0.15) is 11.4 Å². The van der Waals surface area contributed by atoms with Crippen LogP contribution in [0.25, 0.3) is 0 Å². The summed E-state index contributed by atoms with van der Waals surface area (Å²) in [5.74, 6) is -2.47. The highest BCUT2D eigenvalue weighted by Crippen LogP contribution is 2.18. The number of nitrogens with zero attached hydrogens (tertiary/aromatic N) is 2. The fourth-order valence-corrected chi connectivity index (χ4v) is 1.51. The van der Waals surface area contributed by atoms with Gasteiger partial charge in [-0.3, -0.25) is 9.59 Å². The standard InChI is InChI=1S/C11H15N3O5/c1-3-19-11(18)9-6(2)13-14(10(9)12)7(15)4-5-8(16)17/h3-5,12H2,1-2H3,(H,16,17). The van der Waals surface area contributed by atoms with Crippen LogP contribution in [0.1, 0.15) is 40.6 Å². The van der Waals surface area contributed by atoms with Gasteiger partial charge in [-0.05, 0) is 13.8 Å². The number of rotatable bonds is 5. The van der Waals surface area contributed by atoms with E-state index in [0.29, 0.717) is 0 Å². The molecule has 8 nitrogen and oxygen atoms in total. The van der Waals surface area contributed by atoms with Crippen molar-refractivity contribution in [3.63, 3.8) is 0 Å². The normalized spacial score (nSPS) is 10.2. The van der Waals surface area contributed by atoms with Crippen LogP contribution in [0.5, 0.6) is 0 Å². The minimum absolute atomic E-state index is 0.0329. The Hall–Kier alpha value is -2.38. The van der Waals surface area contributed by atoms with Crippen LogP contribution in [0.4, 0.5) is 5.82 Å². The molecule has 0 saturated carbocycles. The van der Waals surface area contributed by atoms with Crippen molar-refractivity contribution in [2.45, 2.75) is 26.7 Å². The lowest BCUT2D eigenvalue weighted by Crippen LogP contribution is -2.17. The van der Waals surface area contributed by atoms with Gasteiger partial charge < -0.3 is 15.6 Å². The molecule has 1 aromatic heterocycles. The number of carbonyl (C=O) groups is 3. The van der Waals surface area contributed by atoms with Gasteiger partial charge in [-0.2, -0.15) is 9.78 Å². The number of carboxylic acids is 1. The average Bonchev–Trinajstić information content (AvgIpc) is 2.62. The van der Waals surface area contributed by atoms with Gasteiger partial charge in [0, 0.05) is 6.42 Å². The van der Waals surface area contributed by atoms with E-state index in [0.717, 1.165) is 4.68 Å². The van der Waals surface area contributed by atoms with Crippen molar-refractivity contribution < 1.29 is 24.2 Å². The fourth-order valence-electron chi connectivity index (χ4n) is 1.51. The van der Waals surface area contributed by atoms with Gasteiger partial charge >= 0.3 is 11.9 Å². The zero-order valence-corrected chi connectivity index (χ0v) is 10.7. The minimum atomic E-state index is -1.10. The second-order valence-corrected chi connectivity index (χ2v) is 3.77. The third kappa shape index (κ3) is 3.30. The van der Waals surface area contributed by atoms with E-state index >= 15 is 0 Å². The van der Waals surface area contributed by atoms with E-state index in [1.165, 1.54) is 6.92 Å². The number of nitrogen functional groups attached to an aromatic ring is 1. The Morgan fingerprint density at radius 2 is 2.00 bits per heavy atom. The molecule has 3 N–H and O–H groups in total. The lowest BCUT2D eigenvalue weighted by molar-refractivity contribution is -0.137. The van der Waals surface area contributed by atoms with Crippen LogP contribution >= 0.6 is 0 Å². The maximum atomic E-state index is 11.7. The van der Waals surface area contributed by atoms with Crippen LogP contribution < -0.4 is 5.73 Å². The number of esters is 1. The largest absolute Gasteiger partial charge is 0.481 e. The minimum Gasteiger partial charge on any atom is -0.481 e. The third-order valence-corrected chi connectivity index (χ3v) is 2.36. The molecule has 0 fully saturated rings. The molecular weight excluding hydrogens is 254 g/mol. The van der Waals surface area contributed by atoms with E-state index < -0.39 is 17.8 Å². The summed E-state index contributed by atoms with van der Waals surface area (Å²) in [5.41, 5.74) is 5.97. The summed E-state index contributed by atoms with van der Waals surface area (Å²) >= 11 is 0. The van der Waals surface area contributed by atoms with Gasteiger partial charge in [-0.15, -0.1) is 0 Å². The summed E-state index contributed by atoms with van der Waals surface area (Å²) < 4.78 is 5.64. The number of aryl methyl sites for hydroxylation is 1. The highest BCUT2D eigenvalue weighted by molar-refractivity contribution is 5.98. The van der Waals surface area contributed by atoms with Crippen molar-refractivity contribution in [3.8, 4) is 0 Å². The molecule has 0 aliphatic heterocycles. The Morgan fingerprint density at radius 1 is 1.37 bits per heavy atom. The fraction of sp³-hybridized carbons (Fsp3) is 0.455. The number of anilines is 1. The summed E-state index contributed by atoms with van der Waals surface area (Å²) in [6, 6.07) is 0. The van der Waals surface area contributed by atoms with Gasteiger partial charge in [0.2, 0.25) is 5.91 Å². The molecule has 1 aromatic rings.